The Morgan fingerprint density at radius 1 is 1.28 bits per heavy atom. The van der Waals surface area contributed by atoms with Crippen LogP contribution in [0.4, 0.5) is 10.5 Å². The number of likely N-dealkylation sites (tertiary alicyclic amines) is 1. The Kier molecular flexibility index (Phi) is 5.43. The van der Waals surface area contributed by atoms with Gasteiger partial charge in [0.15, 0.2) is 0 Å². The summed E-state index contributed by atoms with van der Waals surface area (Å²) < 4.78 is 5.48. The van der Waals surface area contributed by atoms with Crippen LogP contribution in [0.5, 0.6) is 0 Å². The molecule has 156 valence electrons. The van der Waals surface area contributed by atoms with Crippen molar-refractivity contribution in [1.82, 2.24) is 10.2 Å². The molecule has 2 fully saturated rings. The second kappa shape index (κ2) is 7.54. The first-order valence-electron chi connectivity index (χ1n) is 9.85. The quantitative estimate of drug-likeness (QED) is 0.790. The number of hydrogen-bond acceptors (Lipinski definition) is 4. The number of likely N-dealkylation sites (N-methyl/N-ethyl adjacent to an activating group) is 1. The molecule has 0 spiro atoms. The molecule has 29 heavy (non-hydrogen) atoms. The van der Waals surface area contributed by atoms with Crippen molar-refractivity contribution >= 4 is 23.6 Å². The summed E-state index contributed by atoms with van der Waals surface area (Å²) >= 11 is 0. The molecular weight excluding hydrogens is 370 g/mol. The lowest BCUT2D eigenvalue weighted by atomic mass is 9.69. The maximum atomic E-state index is 12.8. The van der Waals surface area contributed by atoms with Gasteiger partial charge in [-0.3, -0.25) is 9.59 Å². The van der Waals surface area contributed by atoms with Gasteiger partial charge in [0.25, 0.3) is 5.91 Å². The third kappa shape index (κ3) is 4.28. The number of nitrogens with one attached hydrogen (secondary N) is 1. The van der Waals surface area contributed by atoms with E-state index >= 15 is 0 Å². The number of ether oxygens (including phenoxy) is 1. The number of rotatable bonds is 4. The summed E-state index contributed by atoms with van der Waals surface area (Å²) in [5.74, 6) is -0.147. The predicted molar refractivity (Wildman–Crippen MR) is 111 cm³/mol. The first-order chi connectivity index (χ1) is 13.5. The normalized spacial score (nSPS) is 22.9. The molecule has 1 heterocycles. The molecule has 1 aliphatic heterocycles. The fourth-order valence-electron chi connectivity index (χ4n) is 3.91. The van der Waals surface area contributed by atoms with Crippen molar-refractivity contribution in [3.05, 3.63) is 42.5 Å². The smallest absolute Gasteiger partial charge is 0.410 e. The van der Waals surface area contributed by atoms with Crippen LogP contribution >= 0.6 is 0 Å². The van der Waals surface area contributed by atoms with E-state index in [2.05, 4.69) is 11.9 Å². The van der Waals surface area contributed by atoms with Crippen LogP contribution < -0.4 is 10.2 Å². The van der Waals surface area contributed by atoms with E-state index in [0.717, 1.165) is 12.8 Å². The Hall–Kier alpha value is -2.83. The van der Waals surface area contributed by atoms with E-state index in [1.54, 1.807) is 36.2 Å². The highest BCUT2D eigenvalue weighted by atomic mass is 16.6. The van der Waals surface area contributed by atoms with Gasteiger partial charge in [-0.1, -0.05) is 6.58 Å². The van der Waals surface area contributed by atoms with Crippen molar-refractivity contribution in [3.63, 3.8) is 0 Å². The topological polar surface area (TPSA) is 79.0 Å². The molecule has 0 unspecified atom stereocenters. The summed E-state index contributed by atoms with van der Waals surface area (Å²) in [6, 6.07) is 6.85. The summed E-state index contributed by atoms with van der Waals surface area (Å²) in [6.07, 6.45) is 2.73. The molecule has 2 aliphatic rings. The van der Waals surface area contributed by atoms with Crippen LogP contribution in [-0.2, 0) is 9.53 Å². The lowest BCUT2D eigenvalue weighted by molar-refractivity contribution is -0.113. The Labute approximate surface area is 171 Å². The van der Waals surface area contributed by atoms with Crippen LogP contribution in [0.1, 0.15) is 44.0 Å². The summed E-state index contributed by atoms with van der Waals surface area (Å²) in [5, 5.41) is 3.15. The standard InChI is InChI=1S/C22H29N3O4/c1-6-18(26)24(5)17-9-7-15(8-10-17)19(27)23-22-12-11-16(22)13-25(14-22)20(28)29-21(2,3)4/h6-10,16H,1,11-14H2,2-5H3,(H,23,27)/t16-,22-/m0/s1. The van der Waals surface area contributed by atoms with E-state index in [9.17, 15) is 14.4 Å². The number of nitrogens with zero attached hydrogens (tertiary/aromatic N) is 2. The Bertz CT molecular complexity index is 827. The number of benzene rings is 1. The van der Waals surface area contributed by atoms with E-state index in [1.165, 1.54) is 11.0 Å². The van der Waals surface area contributed by atoms with Gasteiger partial charge in [0.05, 0.1) is 5.54 Å². The molecule has 1 aromatic carbocycles. The second-order valence-electron chi connectivity index (χ2n) is 8.85. The molecule has 7 heteroatoms. The molecule has 0 radical (unpaired) electrons. The molecule has 1 aliphatic carbocycles. The van der Waals surface area contributed by atoms with Gasteiger partial charge >= 0.3 is 6.09 Å². The van der Waals surface area contributed by atoms with E-state index < -0.39 is 5.60 Å². The highest BCUT2D eigenvalue weighted by molar-refractivity contribution is 6.01. The molecule has 2 atom stereocenters. The van der Waals surface area contributed by atoms with Crippen molar-refractivity contribution < 1.29 is 19.1 Å². The van der Waals surface area contributed by atoms with Gasteiger partial charge in [0, 0.05) is 37.3 Å². The Morgan fingerprint density at radius 3 is 2.45 bits per heavy atom. The number of anilines is 1. The molecule has 0 bridgehead atoms. The predicted octanol–water partition coefficient (Wildman–Crippen LogP) is 2.96. The summed E-state index contributed by atoms with van der Waals surface area (Å²) in [7, 11) is 1.65. The molecule has 1 aromatic rings. The molecule has 3 rings (SSSR count). The fraction of sp³-hybridized carbons (Fsp3) is 0.500. The van der Waals surface area contributed by atoms with Gasteiger partial charge in [-0.25, -0.2) is 4.79 Å². The minimum Gasteiger partial charge on any atom is -0.444 e. The average molecular weight is 399 g/mol. The van der Waals surface area contributed by atoms with Gasteiger partial charge in [0.2, 0.25) is 5.91 Å². The van der Waals surface area contributed by atoms with Crippen LogP contribution in [0.15, 0.2) is 36.9 Å². The zero-order valence-electron chi connectivity index (χ0n) is 17.5. The van der Waals surface area contributed by atoms with Crippen molar-refractivity contribution in [2.75, 3.05) is 25.0 Å². The first kappa shape index (κ1) is 20.9. The number of amides is 3. The van der Waals surface area contributed by atoms with Crippen molar-refractivity contribution in [2.24, 2.45) is 5.92 Å². The van der Waals surface area contributed by atoms with Crippen LogP contribution in [-0.4, -0.2) is 54.1 Å². The summed E-state index contributed by atoms with van der Waals surface area (Å²) in [6.45, 7) is 10.1. The molecule has 7 nitrogen and oxygen atoms in total. The highest BCUT2D eigenvalue weighted by Crippen LogP contribution is 2.45. The van der Waals surface area contributed by atoms with Gasteiger partial charge in [-0.05, 0) is 64.0 Å². The molecule has 1 saturated carbocycles. The number of fused-ring (bicyclic) bond motifs is 1. The minimum absolute atomic E-state index is 0.176. The van der Waals surface area contributed by atoms with Gasteiger partial charge in [-0.15, -0.1) is 0 Å². The average Bonchev–Trinajstić information content (AvgIpc) is 2.90. The zero-order chi connectivity index (χ0) is 21.4. The fourth-order valence-corrected chi connectivity index (χ4v) is 3.91. The third-order valence-corrected chi connectivity index (χ3v) is 5.67. The van der Waals surface area contributed by atoms with Crippen molar-refractivity contribution in [1.29, 1.82) is 0 Å². The number of hydrogen-bond donors (Lipinski definition) is 1. The second-order valence-corrected chi connectivity index (χ2v) is 8.85. The maximum Gasteiger partial charge on any atom is 0.410 e. The van der Waals surface area contributed by atoms with Crippen molar-refractivity contribution in [2.45, 2.75) is 44.8 Å². The Balaban J connectivity index is 1.65. The maximum absolute atomic E-state index is 12.8. The Morgan fingerprint density at radius 2 is 1.93 bits per heavy atom. The molecule has 3 amide bonds. The van der Waals surface area contributed by atoms with Crippen LogP contribution in [0.2, 0.25) is 0 Å². The van der Waals surface area contributed by atoms with E-state index in [1.807, 2.05) is 20.8 Å². The van der Waals surface area contributed by atoms with E-state index in [4.69, 9.17) is 4.74 Å². The van der Waals surface area contributed by atoms with Crippen molar-refractivity contribution in [3.8, 4) is 0 Å². The molecular formula is C22H29N3O4. The first-order valence-corrected chi connectivity index (χ1v) is 9.85. The molecule has 1 saturated heterocycles. The number of carbonyl (C=O) groups is 3. The number of carbonyl (C=O) groups excluding carboxylic acids is 3. The third-order valence-electron chi connectivity index (χ3n) is 5.67. The van der Waals surface area contributed by atoms with E-state index in [0.29, 0.717) is 24.3 Å². The summed E-state index contributed by atoms with van der Waals surface area (Å²) in [4.78, 5) is 40.1. The minimum atomic E-state index is -0.545. The van der Waals surface area contributed by atoms with Gasteiger partial charge in [0.1, 0.15) is 5.60 Å². The highest BCUT2D eigenvalue weighted by Gasteiger charge is 2.55. The van der Waals surface area contributed by atoms with Gasteiger partial charge < -0.3 is 19.9 Å². The van der Waals surface area contributed by atoms with Gasteiger partial charge in [-0.2, -0.15) is 0 Å². The zero-order valence-corrected chi connectivity index (χ0v) is 17.5. The summed E-state index contributed by atoms with van der Waals surface area (Å²) in [5.41, 5.74) is 0.270. The molecule has 0 aromatic heterocycles. The lowest BCUT2D eigenvalue weighted by Gasteiger charge is -2.44. The lowest BCUT2D eigenvalue weighted by Crippen LogP contribution is -2.60. The SMILES string of the molecule is C=CC(=O)N(C)c1ccc(C(=O)N[C@]23CC[C@H]2CN(C(=O)OC(C)(C)C)C3)cc1. The molecule has 1 N–H and O–H groups in total. The largest absolute Gasteiger partial charge is 0.444 e. The van der Waals surface area contributed by atoms with E-state index in [-0.39, 0.29) is 29.4 Å². The van der Waals surface area contributed by atoms with Crippen LogP contribution in [0.3, 0.4) is 0 Å². The van der Waals surface area contributed by atoms with Crippen LogP contribution in [0, 0.1) is 5.92 Å². The van der Waals surface area contributed by atoms with Crippen LogP contribution in [0.25, 0.3) is 0 Å². The monoisotopic (exact) mass is 399 g/mol.